The first kappa shape index (κ1) is 26.9. The van der Waals surface area contributed by atoms with Gasteiger partial charge in [-0.1, -0.05) is 13.8 Å². The van der Waals surface area contributed by atoms with Crippen LogP contribution < -0.4 is 10.1 Å². The number of hydrogen-bond acceptors (Lipinski definition) is 5. The minimum absolute atomic E-state index is 0.140. The number of halogens is 3. The van der Waals surface area contributed by atoms with E-state index in [1.54, 1.807) is 18.6 Å². The third kappa shape index (κ3) is 7.21. The van der Waals surface area contributed by atoms with Gasteiger partial charge in [0, 0.05) is 41.0 Å². The van der Waals surface area contributed by atoms with E-state index in [4.69, 9.17) is 4.74 Å². The van der Waals surface area contributed by atoms with Crippen LogP contribution in [0.2, 0.25) is 0 Å². The standard InChI is InChI=1S/C27H34F3N5O2/c1-17(2)22(26(36)34-16-27(28,29)30)9-19-8-20(12-31-11-19)24-14-33-25-23(24)10-21(13-32-25)37-15-18-4-6-35(3)7-5-18/h8,10-14,17-18,22H,4-7,9,15-16H2,1-3H3,(H,32,33)(H,34,36). The van der Waals surface area contributed by atoms with Crippen LogP contribution in [0.25, 0.3) is 22.2 Å². The van der Waals surface area contributed by atoms with Crippen molar-refractivity contribution in [2.75, 3.05) is 33.3 Å². The van der Waals surface area contributed by atoms with E-state index < -0.39 is 24.5 Å². The van der Waals surface area contributed by atoms with Gasteiger partial charge in [-0.15, -0.1) is 0 Å². The molecule has 1 aliphatic heterocycles. The number of fused-ring (bicyclic) bond motifs is 1. The SMILES string of the molecule is CC(C)C(Cc1cncc(-c2c[nH]c3ncc(OCC4CCN(C)CC4)cc23)c1)C(=O)NCC(F)(F)F. The molecule has 0 spiro atoms. The molecule has 0 radical (unpaired) electrons. The van der Waals surface area contributed by atoms with E-state index in [1.807, 2.05) is 37.5 Å². The Labute approximate surface area is 214 Å². The molecule has 2 N–H and O–H groups in total. The number of likely N-dealkylation sites (tertiary alicyclic amines) is 1. The van der Waals surface area contributed by atoms with Crippen molar-refractivity contribution in [2.45, 2.75) is 39.3 Å². The Hall–Kier alpha value is -3.14. The molecule has 0 aromatic carbocycles. The van der Waals surface area contributed by atoms with Crippen LogP contribution in [0.5, 0.6) is 5.75 Å². The molecule has 3 aromatic heterocycles. The van der Waals surface area contributed by atoms with Crippen molar-refractivity contribution >= 4 is 16.9 Å². The van der Waals surface area contributed by atoms with Crippen LogP contribution in [0.3, 0.4) is 0 Å². The first-order valence-electron chi connectivity index (χ1n) is 12.7. The van der Waals surface area contributed by atoms with Gasteiger partial charge in [-0.3, -0.25) is 9.78 Å². The predicted octanol–water partition coefficient (Wildman–Crippen LogP) is 4.84. The minimum atomic E-state index is -4.45. The van der Waals surface area contributed by atoms with E-state index in [2.05, 4.69) is 26.9 Å². The Bertz CT molecular complexity index is 1200. The van der Waals surface area contributed by atoms with Crippen LogP contribution in [-0.4, -0.2) is 65.2 Å². The highest BCUT2D eigenvalue weighted by Gasteiger charge is 2.30. The van der Waals surface area contributed by atoms with Gasteiger partial charge in [-0.2, -0.15) is 13.2 Å². The predicted molar refractivity (Wildman–Crippen MR) is 136 cm³/mol. The summed E-state index contributed by atoms with van der Waals surface area (Å²) in [5.74, 6) is -0.124. The van der Waals surface area contributed by atoms with Crippen LogP contribution in [0.15, 0.2) is 36.9 Å². The lowest BCUT2D eigenvalue weighted by Crippen LogP contribution is -2.40. The number of aromatic amines is 1. The van der Waals surface area contributed by atoms with Crippen LogP contribution in [0, 0.1) is 17.8 Å². The molecule has 0 aliphatic carbocycles. The average molecular weight is 518 g/mol. The van der Waals surface area contributed by atoms with Gasteiger partial charge < -0.3 is 19.9 Å². The topological polar surface area (TPSA) is 83.1 Å². The maximum absolute atomic E-state index is 12.6. The zero-order valence-electron chi connectivity index (χ0n) is 21.4. The van der Waals surface area contributed by atoms with E-state index in [9.17, 15) is 18.0 Å². The molecule has 0 saturated carbocycles. The first-order chi connectivity index (χ1) is 17.6. The van der Waals surface area contributed by atoms with Crippen molar-refractivity contribution in [2.24, 2.45) is 17.8 Å². The molecule has 200 valence electrons. The number of carbonyl (C=O) groups excluding carboxylic acids is 1. The summed E-state index contributed by atoms with van der Waals surface area (Å²) in [5, 5.41) is 2.91. The lowest BCUT2D eigenvalue weighted by atomic mass is 9.88. The smallest absolute Gasteiger partial charge is 0.405 e. The molecule has 7 nitrogen and oxygen atoms in total. The Morgan fingerprint density at radius 2 is 1.97 bits per heavy atom. The lowest BCUT2D eigenvalue weighted by molar-refractivity contribution is -0.141. The Balaban J connectivity index is 1.49. The molecule has 1 saturated heterocycles. The summed E-state index contributed by atoms with van der Waals surface area (Å²) in [7, 11) is 2.14. The minimum Gasteiger partial charge on any atom is -0.492 e. The number of nitrogens with one attached hydrogen (secondary N) is 2. The monoisotopic (exact) mass is 517 g/mol. The summed E-state index contributed by atoms with van der Waals surface area (Å²) in [6.07, 6.45) is 5.03. The molecular formula is C27H34F3N5O2. The van der Waals surface area contributed by atoms with Gasteiger partial charge in [0.2, 0.25) is 5.91 Å². The number of hydrogen-bond donors (Lipinski definition) is 2. The molecule has 37 heavy (non-hydrogen) atoms. The van der Waals surface area contributed by atoms with Crippen molar-refractivity contribution in [1.82, 2.24) is 25.2 Å². The summed E-state index contributed by atoms with van der Waals surface area (Å²) < 4.78 is 43.9. The van der Waals surface area contributed by atoms with Crippen LogP contribution in [-0.2, 0) is 11.2 Å². The quantitative estimate of drug-likeness (QED) is 0.425. The molecule has 1 amide bonds. The molecule has 4 rings (SSSR count). The number of alkyl halides is 3. The third-order valence-electron chi connectivity index (χ3n) is 7.00. The molecule has 1 aliphatic rings. The fourth-order valence-corrected chi connectivity index (χ4v) is 4.69. The fourth-order valence-electron chi connectivity index (χ4n) is 4.69. The molecule has 1 atom stereocenters. The van der Waals surface area contributed by atoms with Gasteiger partial charge in [0.25, 0.3) is 0 Å². The number of ether oxygens (including phenoxy) is 1. The highest BCUT2D eigenvalue weighted by atomic mass is 19.4. The number of pyridine rings is 2. The van der Waals surface area contributed by atoms with Gasteiger partial charge in [-0.05, 0) is 68.9 Å². The largest absolute Gasteiger partial charge is 0.492 e. The highest BCUT2D eigenvalue weighted by molar-refractivity contribution is 5.94. The number of aromatic nitrogens is 3. The van der Waals surface area contributed by atoms with E-state index in [0.717, 1.165) is 53.7 Å². The summed E-state index contributed by atoms with van der Waals surface area (Å²) >= 11 is 0. The lowest BCUT2D eigenvalue weighted by Gasteiger charge is -2.28. The number of rotatable bonds is 9. The van der Waals surface area contributed by atoms with Crippen molar-refractivity contribution in [3.05, 3.63) is 42.5 Å². The van der Waals surface area contributed by atoms with Crippen molar-refractivity contribution in [3.8, 4) is 16.9 Å². The Morgan fingerprint density at radius 1 is 1.22 bits per heavy atom. The van der Waals surface area contributed by atoms with E-state index in [-0.39, 0.29) is 12.3 Å². The first-order valence-corrected chi connectivity index (χ1v) is 12.7. The van der Waals surface area contributed by atoms with Crippen molar-refractivity contribution < 1.29 is 22.7 Å². The summed E-state index contributed by atoms with van der Waals surface area (Å²) in [6, 6.07) is 3.89. The second-order valence-corrected chi connectivity index (χ2v) is 10.3. The number of amides is 1. The molecular weight excluding hydrogens is 483 g/mol. The van der Waals surface area contributed by atoms with Crippen molar-refractivity contribution in [1.29, 1.82) is 0 Å². The maximum atomic E-state index is 12.6. The second-order valence-electron chi connectivity index (χ2n) is 10.3. The van der Waals surface area contributed by atoms with E-state index in [0.29, 0.717) is 18.3 Å². The highest BCUT2D eigenvalue weighted by Crippen LogP contribution is 2.31. The summed E-state index contributed by atoms with van der Waals surface area (Å²) in [6.45, 7) is 5.14. The van der Waals surface area contributed by atoms with Gasteiger partial charge in [0.15, 0.2) is 0 Å². The van der Waals surface area contributed by atoms with Gasteiger partial charge in [0.05, 0.1) is 12.8 Å². The zero-order chi connectivity index (χ0) is 26.6. The molecule has 1 fully saturated rings. The Kier molecular flexibility index (Phi) is 8.36. The molecule has 4 heterocycles. The fraction of sp³-hybridized carbons (Fsp3) is 0.519. The second kappa shape index (κ2) is 11.5. The zero-order valence-corrected chi connectivity index (χ0v) is 21.4. The molecule has 3 aromatic rings. The Morgan fingerprint density at radius 3 is 2.68 bits per heavy atom. The molecule has 10 heteroatoms. The number of piperidine rings is 1. The third-order valence-corrected chi connectivity index (χ3v) is 7.00. The van der Waals surface area contributed by atoms with Gasteiger partial charge in [0.1, 0.15) is 17.9 Å². The van der Waals surface area contributed by atoms with E-state index >= 15 is 0 Å². The number of nitrogens with zero attached hydrogens (tertiary/aromatic N) is 3. The van der Waals surface area contributed by atoms with Crippen LogP contribution in [0.4, 0.5) is 13.2 Å². The average Bonchev–Trinajstić information content (AvgIpc) is 3.28. The van der Waals surface area contributed by atoms with Crippen molar-refractivity contribution in [3.63, 3.8) is 0 Å². The molecule has 1 unspecified atom stereocenters. The number of carbonyl (C=O) groups is 1. The van der Waals surface area contributed by atoms with Gasteiger partial charge in [-0.25, -0.2) is 4.98 Å². The normalized spacial score (nSPS) is 16.3. The maximum Gasteiger partial charge on any atom is 0.405 e. The number of H-pyrrole nitrogens is 1. The van der Waals surface area contributed by atoms with Crippen LogP contribution >= 0.6 is 0 Å². The van der Waals surface area contributed by atoms with Crippen LogP contribution in [0.1, 0.15) is 32.3 Å². The van der Waals surface area contributed by atoms with E-state index in [1.165, 1.54) is 0 Å². The summed E-state index contributed by atoms with van der Waals surface area (Å²) in [5.41, 5.74) is 3.22. The van der Waals surface area contributed by atoms with Gasteiger partial charge >= 0.3 is 6.18 Å². The molecule has 0 bridgehead atoms. The summed E-state index contributed by atoms with van der Waals surface area (Å²) in [4.78, 5) is 26.9.